The second kappa shape index (κ2) is 4.47. The first-order valence-electron chi connectivity index (χ1n) is 5.25. The van der Waals surface area contributed by atoms with Crippen LogP contribution in [0.25, 0.3) is 5.69 Å². The van der Waals surface area contributed by atoms with E-state index in [0.717, 1.165) is 5.69 Å². The molecule has 2 rings (SSSR count). The molecule has 5 heteroatoms. The van der Waals surface area contributed by atoms with E-state index in [1.54, 1.807) is 30.8 Å². The lowest BCUT2D eigenvalue weighted by molar-refractivity contribution is 0.611. The van der Waals surface area contributed by atoms with Gasteiger partial charge in [0.2, 0.25) is 0 Å². The number of benzene rings is 1. The molecule has 0 spiro atoms. The molecule has 0 aliphatic carbocycles. The Hall–Kier alpha value is -1.39. The highest BCUT2D eigenvalue weighted by molar-refractivity contribution is 6.30. The smallest absolute Gasteiger partial charge is 0.126 e. The quantitative estimate of drug-likeness (QED) is 0.894. The molecule has 0 saturated carbocycles. The Morgan fingerprint density at radius 2 is 2.18 bits per heavy atom. The number of hydrogen-bond donors (Lipinski definition) is 1. The predicted molar refractivity (Wildman–Crippen MR) is 65.9 cm³/mol. The average molecular weight is 254 g/mol. The highest BCUT2D eigenvalue weighted by atomic mass is 35.5. The number of rotatable bonds is 2. The summed E-state index contributed by atoms with van der Waals surface area (Å²) in [4.78, 5) is 0. The Balaban J connectivity index is 2.63. The summed E-state index contributed by atoms with van der Waals surface area (Å²) >= 11 is 5.82. The molecule has 3 nitrogen and oxygen atoms in total. The monoisotopic (exact) mass is 253 g/mol. The normalized spacial score (nSPS) is 12.8. The van der Waals surface area contributed by atoms with Gasteiger partial charge in [-0.05, 0) is 37.1 Å². The zero-order valence-corrected chi connectivity index (χ0v) is 10.4. The van der Waals surface area contributed by atoms with Gasteiger partial charge < -0.3 is 5.73 Å². The Bertz CT molecular complexity index is 549. The van der Waals surface area contributed by atoms with E-state index in [4.69, 9.17) is 17.3 Å². The van der Waals surface area contributed by atoms with Gasteiger partial charge in [0, 0.05) is 12.2 Å². The van der Waals surface area contributed by atoms with Crippen molar-refractivity contribution < 1.29 is 4.39 Å². The van der Waals surface area contributed by atoms with E-state index >= 15 is 0 Å². The van der Waals surface area contributed by atoms with Crippen LogP contribution in [0.4, 0.5) is 4.39 Å². The van der Waals surface area contributed by atoms with Crippen LogP contribution in [0.5, 0.6) is 0 Å². The fourth-order valence-corrected chi connectivity index (χ4v) is 1.81. The van der Waals surface area contributed by atoms with Crippen molar-refractivity contribution in [2.75, 3.05) is 0 Å². The summed E-state index contributed by atoms with van der Waals surface area (Å²) in [5.41, 5.74) is 7.85. The van der Waals surface area contributed by atoms with Crippen molar-refractivity contribution in [3.05, 3.63) is 46.5 Å². The van der Waals surface area contributed by atoms with Crippen LogP contribution in [-0.2, 0) is 0 Å². The first-order valence-corrected chi connectivity index (χ1v) is 5.63. The van der Waals surface area contributed by atoms with Gasteiger partial charge in [0.15, 0.2) is 0 Å². The second-order valence-corrected chi connectivity index (χ2v) is 4.49. The van der Waals surface area contributed by atoms with Crippen LogP contribution in [-0.4, -0.2) is 9.78 Å². The summed E-state index contributed by atoms with van der Waals surface area (Å²) < 4.78 is 15.1. The van der Waals surface area contributed by atoms with Crippen molar-refractivity contribution in [2.45, 2.75) is 19.9 Å². The highest BCUT2D eigenvalue weighted by Gasteiger charge is 2.13. The molecule has 1 atom stereocenters. The summed E-state index contributed by atoms with van der Waals surface area (Å²) in [6.45, 7) is 3.51. The van der Waals surface area contributed by atoms with E-state index in [0.29, 0.717) is 16.1 Å². The van der Waals surface area contributed by atoms with E-state index in [9.17, 15) is 4.39 Å². The lowest BCUT2D eigenvalue weighted by Gasteiger charge is -2.14. The summed E-state index contributed by atoms with van der Waals surface area (Å²) in [7, 11) is 0. The van der Waals surface area contributed by atoms with Gasteiger partial charge in [-0.15, -0.1) is 0 Å². The molecule has 1 aromatic heterocycles. The Morgan fingerprint density at radius 1 is 1.47 bits per heavy atom. The predicted octanol–water partition coefficient (Wildman–Crippen LogP) is 2.99. The van der Waals surface area contributed by atoms with Crippen molar-refractivity contribution in [3.63, 3.8) is 0 Å². The Morgan fingerprint density at radius 3 is 2.71 bits per heavy atom. The fourth-order valence-electron chi connectivity index (χ4n) is 1.68. The summed E-state index contributed by atoms with van der Waals surface area (Å²) in [6.07, 6.45) is 3.20. The minimum Gasteiger partial charge on any atom is -0.324 e. The van der Waals surface area contributed by atoms with E-state index in [-0.39, 0.29) is 11.9 Å². The lowest BCUT2D eigenvalue weighted by atomic mass is 10.0. The third kappa shape index (κ3) is 2.33. The molecule has 1 heterocycles. The number of hydrogen-bond acceptors (Lipinski definition) is 2. The van der Waals surface area contributed by atoms with Crippen LogP contribution in [0, 0.1) is 12.7 Å². The molecule has 0 saturated heterocycles. The highest BCUT2D eigenvalue weighted by Crippen LogP contribution is 2.24. The van der Waals surface area contributed by atoms with E-state index in [1.165, 1.54) is 12.3 Å². The maximum absolute atomic E-state index is 13.5. The zero-order valence-electron chi connectivity index (χ0n) is 9.61. The molecule has 0 aliphatic rings. The largest absolute Gasteiger partial charge is 0.324 e. The molecule has 2 N–H and O–H groups in total. The van der Waals surface area contributed by atoms with Gasteiger partial charge in [-0.3, -0.25) is 0 Å². The van der Waals surface area contributed by atoms with Crippen molar-refractivity contribution in [1.29, 1.82) is 0 Å². The molecule has 0 aliphatic heterocycles. The molecular formula is C12H13ClFN3. The molecular weight excluding hydrogens is 241 g/mol. The summed E-state index contributed by atoms with van der Waals surface area (Å²) in [5.74, 6) is -0.265. The van der Waals surface area contributed by atoms with Crippen molar-refractivity contribution in [1.82, 2.24) is 9.78 Å². The van der Waals surface area contributed by atoms with Crippen molar-refractivity contribution >= 4 is 11.6 Å². The lowest BCUT2D eigenvalue weighted by Crippen LogP contribution is -2.11. The number of aromatic nitrogens is 2. The zero-order chi connectivity index (χ0) is 12.6. The van der Waals surface area contributed by atoms with Crippen LogP contribution in [0.3, 0.4) is 0 Å². The van der Waals surface area contributed by atoms with Crippen LogP contribution in [0.15, 0.2) is 24.5 Å². The first-order chi connectivity index (χ1) is 7.99. The van der Waals surface area contributed by atoms with Gasteiger partial charge in [0.05, 0.1) is 16.9 Å². The summed E-state index contributed by atoms with van der Waals surface area (Å²) in [6, 6.07) is 2.89. The molecule has 0 bridgehead atoms. The van der Waals surface area contributed by atoms with Gasteiger partial charge >= 0.3 is 0 Å². The molecule has 17 heavy (non-hydrogen) atoms. The SMILES string of the molecule is Cc1cc(-n2cc(Cl)cn2)c([C@H](C)N)cc1F. The first kappa shape index (κ1) is 12.1. The molecule has 0 amide bonds. The molecule has 1 aromatic carbocycles. The van der Waals surface area contributed by atoms with Crippen molar-refractivity contribution in [3.8, 4) is 5.69 Å². The topological polar surface area (TPSA) is 43.8 Å². The van der Waals surface area contributed by atoms with Crippen LogP contribution < -0.4 is 5.73 Å². The third-order valence-corrected chi connectivity index (χ3v) is 2.79. The molecule has 0 fully saturated rings. The fraction of sp³-hybridized carbons (Fsp3) is 0.250. The van der Waals surface area contributed by atoms with Gasteiger partial charge in [0.1, 0.15) is 5.82 Å². The van der Waals surface area contributed by atoms with E-state index in [1.807, 2.05) is 0 Å². The van der Waals surface area contributed by atoms with Crippen LogP contribution >= 0.6 is 11.6 Å². The van der Waals surface area contributed by atoms with Crippen LogP contribution in [0.2, 0.25) is 5.02 Å². The molecule has 0 radical (unpaired) electrons. The Kier molecular flexibility index (Phi) is 3.17. The number of halogens is 2. The van der Waals surface area contributed by atoms with Gasteiger partial charge in [0.25, 0.3) is 0 Å². The molecule has 0 unspecified atom stereocenters. The van der Waals surface area contributed by atoms with Crippen LogP contribution in [0.1, 0.15) is 24.1 Å². The van der Waals surface area contributed by atoms with Crippen molar-refractivity contribution in [2.24, 2.45) is 5.73 Å². The minimum atomic E-state index is -0.275. The van der Waals surface area contributed by atoms with Gasteiger partial charge in [-0.2, -0.15) is 5.10 Å². The maximum atomic E-state index is 13.5. The maximum Gasteiger partial charge on any atom is 0.126 e. The van der Waals surface area contributed by atoms with Gasteiger partial charge in [-0.1, -0.05) is 11.6 Å². The second-order valence-electron chi connectivity index (χ2n) is 4.05. The number of nitrogens with zero attached hydrogens (tertiary/aromatic N) is 2. The number of nitrogens with two attached hydrogens (primary N) is 1. The molecule has 90 valence electrons. The van der Waals surface area contributed by atoms with E-state index < -0.39 is 0 Å². The third-order valence-electron chi connectivity index (χ3n) is 2.60. The molecule has 2 aromatic rings. The Labute approximate surface area is 104 Å². The van der Waals surface area contributed by atoms with E-state index in [2.05, 4.69) is 5.10 Å². The summed E-state index contributed by atoms with van der Waals surface area (Å²) in [5, 5.41) is 4.64. The average Bonchev–Trinajstić information content (AvgIpc) is 2.68. The van der Waals surface area contributed by atoms with Gasteiger partial charge in [-0.25, -0.2) is 9.07 Å². The minimum absolute atomic E-state index is 0.265. The standard InChI is InChI=1S/C12H13ClFN3/c1-7-3-12(17-6-9(13)5-16-17)10(8(2)15)4-11(7)14/h3-6,8H,15H2,1-2H3/t8-/m0/s1. The number of aryl methyl sites for hydroxylation is 1.